The van der Waals surface area contributed by atoms with Gasteiger partial charge in [0.1, 0.15) is 11.5 Å². The lowest BCUT2D eigenvalue weighted by Crippen LogP contribution is -2.37. The molecule has 144 valence electrons. The van der Waals surface area contributed by atoms with Gasteiger partial charge >= 0.3 is 0 Å². The van der Waals surface area contributed by atoms with Crippen LogP contribution < -0.4 is 14.8 Å². The fourth-order valence-corrected chi connectivity index (χ4v) is 3.48. The number of benzene rings is 2. The Morgan fingerprint density at radius 3 is 2.48 bits per heavy atom. The third-order valence-corrected chi connectivity index (χ3v) is 5.10. The van der Waals surface area contributed by atoms with Crippen molar-refractivity contribution in [3.05, 3.63) is 59.2 Å². The second-order valence-electron chi connectivity index (χ2n) is 7.14. The van der Waals surface area contributed by atoms with Crippen LogP contribution in [0.15, 0.2) is 42.5 Å². The molecule has 4 nitrogen and oxygen atoms in total. The Morgan fingerprint density at radius 2 is 1.74 bits per heavy atom. The summed E-state index contributed by atoms with van der Waals surface area (Å²) in [5, 5.41) is 2.97. The van der Waals surface area contributed by atoms with Gasteiger partial charge in [0.05, 0.1) is 7.11 Å². The van der Waals surface area contributed by atoms with Crippen molar-refractivity contribution < 1.29 is 14.3 Å². The zero-order valence-corrected chi connectivity index (χ0v) is 16.3. The van der Waals surface area contributed by atoms with Crippen LogP contribution in [0.25, 0.3) is 0 Å². The summed E-state index contributed by atoms with van der Waals surface area (Å²) in [6.45, 7) is 2.45. The van der Waals surface area contributed by atoms with E-state index in [1.165, 1.54) is 29.5 Å². The molecule has 1 aliphatic rings. The molecule has 0 aromatic heterocycles. The topological polar surface area (TPSA) is 47.6 Å². The van der Waals surface area contributed by atoms with E-state index in [2.05, 4.69) is 29.6 Å². The molecular weight excluding hydrogens is 338 g/mol. The van der Waals surface area contributed by atoms with Crippen molar-refractivity contribution in [2.24, 2.45) is 0 Å². The molecule has 0 bridgehead atoms. The Labute approximate surface area is 161 Å². The highest BCUT2D eigenvalue weighted by atomic mass is 16.5. The Bertz CT molecular complexity index is 755. The molecule has 3 rings (SSSR count). The van der Waals surface area contributed by atoms with Crippen molar-refractivity contribution in [3.63, 3.8) is 0 Å². The molecule has 1 N–H and O–H groups in total. The molecule has 0 aliphatic heterocycles. The molecule has 2 aromatic carbocycles. The van der Waals surface area contributed by atoms with Crippen LogP contribution in [0, 0.1) is 0 Å². The normalized spacial score (nSPS) is 14.1. The summed E-state index contributed by atoms with van der Waals surface area (Å²) < 4.78 is 11.0. The number of methoxy groups -OCH3 is 1. The standard InChI is InChI=1S/C23H29NO3/c1-17(27-22-14-11-19-7-3-4-8-20(19)16-22)23(25)24-15-5-6-18-9-12-21(26-2)13-10-18/h9-14,16-17H,3-8,15H2,1-2H3,(H,24,25)/t17-/m0/s1. The molecule has 1 amide bonds. The minimum Gasteiger partial charge on any atom is -0.497 e. The molecule has 0 saturated heterocycles. The van der Waals surface area contributed by atoms with E-state index >= 15 is 0 Å². The van der Waals surface area contributed by atoms with E-state index in [1.807, 2.05) is 18.2 Å². The number of hydrogen-bond acceptors (Lipinski definition) is 3. The molecule has 0 spiro atoms. The van der Waals surface area contributed by atoms with Gasteiger partial charge in [0, 0.05) is 6.54 Å². The number of hydrogen-bond donors (Lipinski definition) is 1. The largest absolute Gasteiger partial charge is 0.497 e. The number of carbonyl (C=O) groups is 1. The quantitative estimate of drug-likeness (QED) is 0.715. The van der Waals surface area contributed by atoms with Crippen LogP contribution in [0.2, 0.25) is 0 Å². The fraction of sp³-hybridized carbons (Fsp3) is 0.435. The maximum Gasteiger partial charge on any atom is 0.260 e. The number of nitrogens with one attached hydrogen (secondary N) is 1. The van der Waals surface area contributed by atoms with Crippen LogP contribution in [0.5, 0.6) is 11.5 Å². The third kappa shape index (κ3) is 5.49. The van der Waals surface area contributed by atoms with Gasteiger partial charge in [-0.3, -0.25) is 4.79 Å². The Kier molecular flexibility index (Phi) is 6.74. The monoisotopic (exact) mass is 367 g/mol. The average Bonchev–Trinajstić information content (AvgIpc) is 2.71. The van der Waals surface area contributed by atoms with Gasteiger partial charge < -0.3 is 14.8 Å². The summed E-state index contributed by atoms with van der Waals surface area (Å²) in [6.07, 6.45) is 6.09. The number of ether oxygens (including phenoxy) is 2. The lowest BCUT2D eigenvalue weighted by atomic mass is 9.92. The van der Waals surface area contributed by atoms with E-state index in [0.717, 1.165) is 37.2 Å². The molecule has 27 heavy (non-hydrogen) atoms. The molecule has 2 aromatic rings. The van der Waals surface area contributed by atoms with Gasteiger partial charge in [-0.15, -0.1) is 0 Å². The average molecular weight is 367 g/mol. The second-order valence-corrected chi connectivity index (χ2v) is 7.14. The number of carbonyl (C=O) groups excluding carboxylic acids is 1. The Morgan fingerprint density at radius 1 is 1.04 bits per heavy atom. The summed E-state index contributed by atoms with van der Waals surface area (Å²) in [5.41, 5.74) is 4.03. The van der Waals surface area contributed by atoms with Crippen molar-refractivity contribution in [1.82, 2.24) is 5.32 Å². The first kappa shape index (κ1) is 19.3. The minimum atomic E-state index is -0.493. The van der Waals surface area contributed by atoms with E-state index < -0.39 is 6.10 Å². The lowest BCUT2D eigenvalue weighted by Gasteiger charge is -2.19. The highest BCUT2D eigenvalue weighted by Gasteiger charge is 2.16. The maximum absolute atomic E-state index is 12.3. The van der Waals surface area contributed by atoms with Gasteiger partial charge in [-0.1, -0.05) is 18.2 Å². The predicted molar refractivity (Wildman–Crippen MR) is 107 cm³/mol. The van der Waals surface area contributed by atoms with Crippen LogP contribution in [-0.4, -0.2) is 25.7 Å². The molecular formula is C23H29NO3. The van der Waals surface area contributed by atoms with Crippen LogP contribution in [0.3, 0.4) is 0 Å². The van der Waals surface area contributed by atoms with Crippen molar-refractivity contribution >= 4 is 5.91 Å². The first-order valence-electron chi connectivity index (χ1n) is 9.85. The zero-order chi connectivity index (χ0) is 19.1. The van der Waals surface area contributed by atoms with E-state index in [1.54, 1.807) is 14.0 Å². The Balaban J connectivity index is 1.41. The SMILES string of the molecule is COc1ccc(CCCNC(=O)[C@H](C)Oc2ccc3c(c2)CCCC3)cc1. The van der Waals surface area contributed by atoms with Gasteiger partial charge in [-0.25, -0.2) is 0 Å². The molecule has 0 heterocycles. The molecule has 0 fully saturated rings. The summed E-state index contributed by atoms with van der Waals surface area (Å²) >= 11 is 0. The highest BCUT2D eigenvalue weighted by Crippen LogP contribution is 2.25. The minimum absolute atomic E-state index is 0.0672. The van der Waals surface area contributed by atoms with E-state index in [-0.39, 0.29) is 5.91 Å². The molecule has 0 unspecified atom stereocenters. The van der Waals surface area contributed by atoms with Gasteiger partial charge in [-0.2, -0.15) is 0 Å². The van der Waals surface area contributed by atoms with E-state index in [9.17, 15) is 4.79 Å². The molecule has 4 heteroatoms. The van der Waals surface area contributed by atoms with Gasteiger partial charge in [0.2, 0.25) is 0 Å². The van der Waals surface area contributed by atoms with E-state index in [0.29, 0.717) is 6.54 Å². The number of amides is 1. The summed E-state index contributed by atoms with van der Waals surface area (Å²) in [6, 6.07) is 14.3. The van der Waals surface area contributed by atoms with Crippen molar-refractivity contribution in [1.29, 1.82) is 0 Å². The van der Waals surface area contributed by atoms with Gasteiger partial charge in [0.15, 0.2) is 6.10 Å². The molecule has 0 radical (unpaired) electrons. The molecule has 0 saturated carbocycles. The third-order valence-electron chi connectivity index (χ3n) is 5.10. The first-order chi connectivity index (χ1) is 13.2. The summed E-state index contributed by atoms with van der Waals surface area (Å²) in [7, 11) is 1.66. The highest BCUT2D eigenvalue weighted by molar-refractivity contribution is 5.80. The molecule has 1 atom stereocenters. The smallest absolute Gasteiger partial charge is 0.260 e. The van der Waals surface area contributed by atoms with Crippen molar-refractivity contribution in [2.45, 2.75) is 51.6 Å². The Hall–Kier alpha value is -2.49. The van der Waals surface area contributed by atoms with Gasteiger partial charge in [0.25, 0.3) is 5.91 Å². The summed E-state index contributed by atoms with van der Waals surface area (Å²) in [4.78, 5) is 12.3. The number of rotatable bonds is 8. The summed E-state index contributed by atoms with van der Waals surface area (Å²) in [5.74, 6) is 1.58. The van der Waals surface area contributed by atoms with Gasteiger partial charge in [-0.05, 0) is 86.4 Å². The van der Waals surface area contributed by atoms with E-state index in [4.69, 9.17) is 9.47 Å². The van der Waals surface area contributed by atoms with Crippen molar-refractivity contribution in [3.8, 4) is 11.5 Å². The number of aryl methyl sites for hydroxylation is 3. The predicted octanol–water partition coefficient (Wildman–Crippen LogP) is 4.09. The lowest BCUT2D eigenvalue weighted by molar-refractivity contribution is -0.127. The first-order valence-corrected chi connectivity index (χ1v) is 9.85. The van der Waals surface area contributed by atoms with Crippen LogP contribution >= 0.6 is 0 Å². The number of fused-ring (bicyclic) bond motifs is 1. The second kappa shape index (κ2) is 9.45. The maximum atomic E-state index is 12.3. The zero-order valence-electron chi connectivity index (χ0n) is 16.3. The van der Waals surface area contributed by atoms with Crippen molar-refractivity contribution in [2.75, 3.05) is 13.7 Å². The fourth-order valence-electron chi connectivity index (χ4n) is 3.48. The molecule has 1 aliphatic carbocycles. The van der Waals surface area contributed by atoms with Crippen LogP contribution in [0.4, 0.5) is 0 Å². The van der Waals surface area contributed by atoms with Crippen LogP contribution in [0.1, 0.15) is 42.9 Å². The van der Waals surface area contributed by atoms with Crippen LogP contribution in [-0.2, 0) is 24.1 Å².